The quantitative estimate of drug-likeness (QED) is 0.476. The van der Waals surface area contributed by atoms with Crippen molar-refractivity contribution in [2.45, 2.75) is 25.8 Å². The molecule has 0 unspecified atom stereocenters. The number of rotatable bonds is 4. The van der Waals surface area contributed by atoms with Gasteiger partial charge in [-0.3, -0.25) is 4.98 Å². The third kappa shape index (κ3) is 5.09. The second-order valence-corrected chi connectivity index (χ2v) is 8.82. The van der Waals surface area contributed by atoms with Crippen LogP contribution in [0.1, 0.15) is 30.9 Å². The van der Waals surface area contributed by atoms with E-state index in [1.165, 1.54) is 6.07 Å². The molecule has 0 radical (unpaired) electrons. The molecule has 4 rings (SSSR count). The number of hydrogen-bond donors (Lipinski definition) is 1. The van der Waals surface area contributed by atoms with E-state index in [1.807, 2.05) is 37.5 Å². The van der Waals surface area contributed by atoms with Crippen LogP contribution in [0.25, 0.3) is 22.8 Å². The van der Waals surface area contributed by atoms with Crippen molar-refractivity contribution in [1.82, 2.24) is 4.98 Å². The number of aromatic nitrogens is 1. The van der Waals surface area contributed by atoms with Crippen molar-refractivity contribution in [2.24, 2.45) is 5.73 Å². The molecule has 0 saturated carbocycles. The van der Waals surface area contributed by atoms with E-state index in [0.717, 1.165) is 59.4 Å². The Hall–Kier alpha value is -2.40. The lowest BCUT2D eigenvalue weighted by atomic mass is 9.97. The second kappa shape index (κ2) is 9.39. The van der Waals surface area contributed by atoms with Crippen LogP contribution in [-0.4, -0.2) is 24.1 Å². The van der Waals surface area contributed by atoms with E-state index in [4.69, 9.17) is 28.9 Å². The molecule has 3 nitrogen and oxygen atoms in total. The Kier molecular flexibility index (Phi) is 6.61. The van der Waals surface area contributed by atoms with Gasteiger partial charge in [0.2, 0.25) is 0 Å². The smallest absolute Gasteiger partial charge is 0.123 e. The summed E-state index contributed by atoms with van der Waals surface area (Å²) in [4.78, 5) is 6.85. The van der Waals surface area contributed by atoms with Crippen LogP contribution in [0.5, 0.6) is 0 Å². The number of benzene rings is 2. The zero-order valence-electron chi connectivity index (χ0n) is 17.3. The molecule has 1 saturated heterocycles. The monoisotopic (exact) mass is 455 g/mol. The molecule has 1 fully saturated rings. The molecule has 3 aromatic rings. The minimum Gasteiger partial charge on any atom is -0.370 e. The maximum Gasteiger partial charge on any atom is 0.123 e. The highest BCUT2D eigenvalue weighted by atomic mass is 35.5. The van der Waals surface area contributed by atoms with E-state index in [2.05, 4.69) is 16.0 Å². The van der Waals surface area contributed by atoms with Crippen LogP contribution in [0.15, 0.2) is 54.9 Å². The van der Waals surface area contributed by atoms with Crippen molar-refractivity contribution in [2.75, 3.05) is 18.0 Å². The van der Waals surface area contributed by atoms with Crippen LogP contribution >= 0.6 is 23.2 Å². The van der Waals surface area contributed by atoms with E-state index in [1.54, 1.807) is 18.2 Å². The number of hydrogen-bond acceptors (Lipinski definition) is 3. The molecule has 31 heavy (non-hydrogen) atoms. The van der Waals surface area contributed by atoms with Crippen molar-refractivity contribution in [3.8, 4) is 11.1 Å². The van der Waals surface area contributed by atoms with Gasteiger partial charge in [-0.05, 0) is 72.9 Å². The summed E-state index contributed by atoms with van der Waals surface area (Å²) in [5.74, 6) is -0.254. The van der Waals surface area contributed by atoms with Crippen molar-refractivity contribution in [1.29, 1.82) is 0 Å². The molecule has 2 N–H and O–H groups in total. The molecule has 0 amide bonds. The average Bonchev–Trinajstić information content (AvgIpc) is 2.73. The Morgan fingerprint density at radius 2 is 1.81 bits per heavy atom. The highest BCUT2D eigenvalue weighted by molar-refractivity contribution is 6.35. The summed E-state index contributed by atoms with van der Waals surface area (Å²) >= 11 is 12.6. The molecule has 1 aliphatic rings. The fourth-order valence-corrected chi connectivity index (χ4v) is 4.55. The minimum absolute atomic E-state index is 0.218. The number of nitrogens with two attached hydrogens (primary N) is 1. The molecule has 6 heteroatoms. The molecular formula is C25H24Cl2FN3. The third-order valence-corrected chi connectivity index (χ3v) is 6.06. The van der Waals surface area contributed by atoms with E-state index < -0.39 is 0 Å². The summed E-state index contributed by atoms with van der Waals surface area (Å²) < 4.78 is 13.7. The summed E-state index contributed by atoms with van der Waals surface area (Å²) in [6.45, 7) is 3.69. The van der Waals surface area contributed by atoms with E-state index >= 15 is 0 Å². The van der Waals surface area contributed by atoms with Crippen LogP contribution in [0, 0.1) is 5.82 Å². The van der Waals surface area contributed by atoms with Crippen LogP contribution in [0.3, 0.4) is 0 Å². The molecule has 160 valence electrons. The molecule has 0 bridgehead atoms. The van der Waals surface area contributed by atoms with E-state index in [-0.39, 0.29) is 11.9 Å². The van der Waals surface area contributed by atoms with Gasteiger partial charge in [0.25, 0.3) is 0 Å². The second-order valence-electron chi connectivity index (χ2n) is 7.95. The largest absolute Gasteiger partial charge is 0.370 e. The van der Waals surface area contributed by atoms with Crippen LogP contribution in [0.4, 0.5) is 10.1 Å². The van der Waals surface area contributed by atoms with Crippen LogP contribution in [-0.2, 0) is 0 Å². The normalized spacial score (nSPS) is 15.4. The fraction of sp³-hybridized carbons (Fsp3) is 0.240. The first-order chi connectivity index (χ1) is 14.9. The first-order valence-corrected chi connectivity index (χ1v) is 11.1. The van der Waals surface area contributed by atoms with Gasteiger partial charge in [0.15, 0.2) is 0 Å². The predicted octanol–water partition coefficient (Wildman–Crippen LogP) is 6.68. The Morgan fingerprint density at radius 1 is 1.10 bits per heavy atom. The van der Waals surface area contributed by atoms with E-state index in [9.17, 15) is 4.39 Å². The number of pyridine rings is 1. The van der Waals surface area contributed by atoms with Gasteiger partial charge in [-0.1, -0.05) is 35.3 Å². The Bertz CT molecular complexity index is 1100. The first kappa shape index (κ1) is 21.8. The lowest BCUT2D eigenvalue weighted by Gasteiger charge is -2.34. The molecule has 1 aromatic heterocycles. The van der Waals surface area contributed by atoms with E-state index in [0.29, 0.717) is 10.0 Å². The van der Waals surface area contributed by atoms with Gasteiger partial charge < -0.3 is 10.6 Å². The molecule has 2 aromatic carbocycles. The molecule has 0 aliphatic carbocycles. The molecule has 0 spiro atoms. The number of piperidine rings is 1. The van der Waals surface area contributed by atoms with Crippen molar-refractivity contribution in [3.05, 3.63) is 81.8 Å². The predicted molar refractivity (Wildman–Crippen MR) is 129 cm³/mol. The van der Waals surface area contributed by atoms with Gasteiger partial charge in [0, 0.05) is 52.7 Å². The third-order valence-electron chi connectivity index (χ3n) is 5.63. The maximum atomic E-state index is 13.7. The lowest BCUT2D eigenvalue weighted by molar-refractivity contribution is 0.501. The molecule has 2 heterocycles. The first-order valence-electron chi connectivity index (χ1n) is 10.3. The standard InChI is InChI=1S/C25H24Cl2FN3/c1-16(17-3-2-4-22(28)12-17)9-19-14-30-15-24(18-10-20(26)13-21(27)11-18)25(19)31-7-5-23(29)6-8-31/h2-4,9-15,23H,5-8,29H2,1H3/b16-9+. The van der Waals surface area contributed by atoms with Gasteiger partial charge in [-0.25, -0.2) is 4.39 Å². The minimum atomic E-state index is -0.254. The number of nitrogens with zero attached hydrogens (tertiary/aromatic N) is 2. The zero-order chi connectivity index (χ0) is 22.0. The molecule has 1 aliphatic heterocycles. The van der Waals surface area contributed by atoms with Gasteiger partial charge in [0.1, 0.15) is 5.82 Å². The highest BCUT2D eigenvalue weighted by Gasteiger charge is 2.22. The highest BCUT2D eigenvalue weighted by Crippen LogP contribution is 2.38. The van der Waals surface area contributed by atoms with Gasteiger partial charge >= 0.3 is 0 Å². The van der Waals surface area contributed by atoms with Gasteiger partial charge in [-0.15, -0.1) is 0 Å². The van der Waals surface area contributed by atoms with Crippen LogP contribution in [0.2, 0.25) is 10.0 Å². The maximum absolute atomic E-state index is 13.7. The molecular weight excluding hydrogens is 432 g/mol. The van der Waals surface area contributed by atoms with Crippen LogP contribution < -0.4 is 10.6 Å². The zero-order valence-corrected chi connectivity index (χ0v) is 18.8. The Morgan fingerprint density at radius 3 is 2.48 bits per heavy atom. The average molecular weight is 456 g/mol. The van der Waals surface area contributed by atoms with Crippen molar-refractivity contribution >= 4 is 40.5 Å². The summed E-state index contributed by atoms with van der Waals surface area (Å²) in [5.41, 5.74) is 11.8. The topological polar surface area (TPSA) is 42.2 Å². The summed E-state index contributed by atoms with van der Waals surface area (Å²) in [5, 5.41) is 1.15. The SMILES string of the molecule is C/C(=C\c1cncc(-c2cc(Cl)cc(Cl)c2)c1N1CCC(N)CC1)c1cccc(F)c1. The number of allylic oxidation sites excluding steroid dienone is 1. The number of anilines is 1. The fourth-order valence-electron chi connectivity index (χ4n) is 4.02. The Labute approximate surface area is 192 Å². The van der Waals surface area contributed by atoms with Crippen molar-refractivity contribution < 1.29 is 4.39 Å². The van der Waals surface area contributed by atoms with Gasteiger partial charge in [0.05, 0.1) is 5.69 Å². The lowest BCUT2D eigenvalue weighted by Crippen LogP contribution is -2.40. The summed E-state index contributed by atoms with van der Waals surface area (Å²) in [7, 11) is 0. The van der Waals surface area contributed by atoms with Crippen molar-refractivity contribution in [3.63, 3.8) is 0 Å². The summed E-state index contributed by atoms with van der Waals surface area (Å²) in [6.07, 6.45) is 7.60. The summed E-state index contributed by atoms with van der Waals surface area (Å²) in [6, 6.07) is 12.4. The molecule has 0 atom stereocenters. The number of halogens is 3. The Balaban J connectivity index is 1.86. The van der Waals surface area contributed by atoms with Gasteiger partial charge in [-0.2, -0.15) is 0 Å².